The zero-order valence-electron chi connectivity index (χ0n) is 11.5. The van der Waals surface area contributed by atoms with Crippen LogP contribution in [0.3, 0.4) is 0 Å². The van der Waals surface area contributed by atoms with Crippen LogP contribution in [0.4, 0.5) is 5.69 Å². The number of nitrogens with zero attached hydrogens (tertiary/aromatic N) is 1. The Hall–Kier alpha value is -1.72. The Bertz CT molecular complexity index is 441. The van der Waals surface area contributed by atoms with Crippen molar-refractivity contribution in [3.05, 3.63) is 29.8 Å². The minimum absolute atomic E-state index is 0.00505. The fraction of sp³-hybridized carbons (Fsp3) is 0.429. The lowest BCUT2D eigenvalue weighted by Crippen LogP contribution is -2.34. The molecule has 0 saturated carbocycles. The summed E-state index contributed by atoms with van der Waals surface area (Å²) in [6.45, 7) is 3.82. The fourth-order valence-corrected chi connectivity index (χ4v) is 1.75. The standard InChI is InChI=1S/C14H20N2O3/c1-10(17)8-16(3)9-14(19)15-13-6-4-12(5-7-13)11(2)18/h4-7,10,17H,8-9H2,1-3H3,(H,15,19). The van der Waals surface area contributed by atoms with Gasteiger partial charge in [0.1, 0.15) is 0 Å². The van der Waals surface area contributed by atoms with Crippen molar-refractivity contribution in [1.82, 2.24) is 4.90 Å². The molecule has 1 aromatic carbocycles. The van der Waals surface area contributed by atoms with Crippen molar-refractivity contribution in [1.29, 1.82) is 0 Å². The van der Waals surface area contributed by atoms with Gasteiger partial charge >= 0.3 is 0 Å². The van der Waals surface area contributed by atoms with E-state index in [0.717, 1.165) is 0 Å². The van der Waals surface area contributed by atoms with Crippen LogP contribution in [0.5, 0.6) is 0 Å². The molecule has 0 saturated heterocycles. The molecule has 1 unspecified atom stereocenters. The number of aliphatic hydroxyl groups is 1. The highest BCUT2D eigenvalue weighted by molar-refractivity contribution is 5.96. The Morgan fingerprint density at radius 3 is 2.37 bits per heavy atom. The van der Waals surface area contributed by atoms with Crippen molar-refractivity contribution in [2.45, 2.75) is 20.0 Å². The molecule has 19 heavy (non-hydrogen) atoms. The number of aliphatic hydroxyl groups excluding tert-OH is 1. The molecule has 1 atom stereocenters. The normalized spacial score (nSPS) is 12.3. The lowest BCUT2D eigenvalue weighted by atomic mass is 10.1. The van der Waals surface area contributed by atoms with E-state index in [0.29, 0.717) is 17.8 Å². The highest BCUT2D eigenvalue weighted by atomic mass is 16.3. The number of rotatable bonds is 6. The molecular weight excluding hydrogens is 244 g/mol. The van der Waals surface area contributed by atoms with Gasteiger partial charge in [-0.3, -0.25) is 14.5 Å². The van der Waals surface area contributed by atoms with Crippen molar-refractivity contribution < 1.29 is 14.7 Å². The molecule has 0 aliphatic heterocycles. The Labute approximate surface area is 113 Å². The van der Waals surface area contributed by atoms with Gasteiger partial charge in [-0.25, -0.2) is 0 Å². The number of hydrogen-bond acceptors (Lipinski definition) is 4. The van der Waals surface area contributed by atoms with E-state index in [4.69, 9.17) is 0 Å². The molecular formula is C14H20N2O3. The minimum Gasteiger partial charge on any atom is -0.392 e. The fourth-order valence-electron chi connectivity index (χ4n) is 1.75. The van der Waals surface area contributed by atoms with E-state index in [9.17, 15) is 14.7 Å². The first kappa shape index (κ1) is 15.3. The molecule has 0 aliphatic carbocycles. The van der Waals surface area contributed by atoms with Crippen LogP contribution in [-0.2, 0) is 4.79 Å². The van der Waals surface area contributed by atoms with Crippen molar-refractivity contribution >= 4 is 17.4 Å². The van der Waals surface area contributed by atoms with Crippen molar-refractivity contribution in [2.24, 2.45) is 0 Å². The molecule has 0 fully saturated rings. The largest absolute Gasteiger partial charge is 0.392 e. The molecule has 5 nitrogen and oxygen atoms in total. The van der Waals surface area contributed by atoms with Gasteiger partial charge in [0.05, 0.1) is 12.6 Å². The first-order valence-electron chi connectivity index (χ1n) is 6.16. The third kappa shape index (κ3) is 5.63. The van der Waals surface area contributed by atoms with Crippen molar-refractivity contribution in [3.8, 4) is 0 Å². The molecule has 0 radical (unpaired) electrons. The number of benzene rings is 1. The van der Waals surface area contributed by atoms with Crippen molar-refractivity contribution in [3.63, 3.8) is 0 Å². The van der Waals surface area contributed by atoms with Gasteiger partial charge in [0.25, 0.3) is 0 Å². The maximum absolute atomic E-state index is 11.7. The van der Waals surface area contributed by atoms with E-state index in [2.05, 4.69) is 5.32 Å². The van der Waals surface area contributed by atoms with Crippen LogP contribution in [-0.4, -0.2) is 47.9 Å². The number of ketones is 1. The number of nitrogens with one attached hydrogen (secondary N) is 1. The molecule has 1 amide bonds. The Kier molecular flexibility index (Phi) is 5.66. The number of carbonyl (C=O) groups excluding carboxylic acids is 2. The quantitative estimate of drug-likeness (QED) is 0.756. The summed E-state index contributed by atoms with van der Waals surface area (Å²) < 4.78 is 0. The van der Waals surface area contributed by atoms with Crippen LogP contribution < -0.4 is 5.32 Å². The predicted molar refractivity (Wildman–Crippen MR) is 74.3 cm³/mol. The number of Topliss-reactive ketones (excluding diaryl/α,β-unsaturated/α-hetero) is 1. The first-order chi connectivity index (χ1) is 8.88. The molecule has 104 valence electrons. The number of anilines is 1. The van der Waals surface area contributed by atoms with E-state index in [1.165, 1.54) is 6.92 Å². The molecule has 2 N–H and O–H groups in total. The summed E-state index contributed by atoms with van der Waals surface area (Å²) in [6, 6.07) is 6.75. The second-order valence-corrected chi connectivity index (χ2v) is 4.73. The molecule has 0 bridgehead atoms. The number of carbonyl (C=O) groups is 2. The predicted octanol–water partition coefficient (Wildman–Crippen LogP) is 1.14. The molecule has 0 spiro atoms. The highest BCUT2D eigenvalue weighted by Gasteiger charge is 2.09. The van der Waals surface area contributed by atoms with E-state index >= 15 is 0 Å². The van der Waals surface area contributed by atoms with Gasteiger partial charge in [-0.15, -0.1) is 0 Å². The zero-order valence-corrected chi connectivity index (χ0v) is 11.5. The van der Waals surface area contributed by atoms with E-state index in [1.54, 1.807) is 43.1 Å². The van der Waals surface area contributed by atoms with E-state index in [-0.39, 0.29) is 18.2 Å². The monoisotopic (exact) mass is 264 g/mol. The van der Waals surface area contributed by atoms with Gasteiger partial charge in [-0.2, -0.15) is 0 Å². The Morgan fingerprint density at radius 1 is 1.32 bits per heavy atom. The number of amides is 1. The maximum atomic E-state index is 11.7. The van der Waals surface area contributed by atoms with Crippen LogP contribution in [0.2, 0.25) is 0 Å². The average molecular weight is 264 g/mol. The topological polar surface area (TPSA) is 69.6 Å². The zero-order chi connectivity index (χ0) is 14.4. The molecule has 0 aromatic heterocycles. The summed E-state index contributed by atoms with van der Waals surface area (Å²) >= 11 is 0. The lowest BCUT2D eigenvalue weighted by molar-refractivity contribution is -0.117. The summed E-state index contributed by atoms with van der Waals surface area (Å²) in [4.78, 5) is 24.6. The Morgan fingerprint density at radius 2 is 1.89 bits per heavy atom. The van der Waals surface area contributed by atoms with Gasteiger partial charge in [-0.05, 0) is 45.2 Å². The smallest absolute Gasteiger partial charge is 0.238 e. The summed E-state index contributed by atoms with van der Waals surface area (Å²) in [5.74, 6) is -0.159. The third-order valence-electron chi connectivity index (χ3n) is 2.56. The highest BCUT2D eigenvalue weighted by Crippen LogP contribution is 2.10. The number of hydrogen-bond donors (Lipinski definition) is 2. The van der Waals surface area contributed by atoms with Gasteiger partial charge < -0.3 is 10.4 Å². The SMILES string of the molecule is CC(=O)c1ccc(NC(=O)CN(C)CC(C)O)cc1. The first-order valence-corrected chi connectivity index (χ1v) is 6.16. The van der Waals surface area contributed by atoms with Gasteiger partial charge in [0.15, 0.2) is 5.78 Å². The summed E-state index contributed by atoms with van der Waals surface area (Å²) in [7, 11) is 1.77. The summed E-state index contributed by atoms with van der Waals surface area (Å²) in [5, 5.41) is 11.9. The number of likely N-dealkylation sites (N-methyl/N-ethyl adjacent to an activating group) is 1. The van der Waals surface area contributed by atoms with E-state index in [1.807, 2.05) is 0 Å². The van der Waals surface area contributed by atoms with Crippen LogP contribution >= 0.6 is 0 Å². The molecule has 0 aliphatic rings. The van der Waals surface area contributed by atoms with Crippen molar-refractivity contribution in [2.75, 3.05) is 25.5 Å². The average Bonchev–Trinajstić information content (AvgIpc) is 2.27. The van der Waals surface area contributed by atoms with Crippen LogP contribution in [0.15, 0.2) is 24.3 Å². The molecule has 1 aromatic rings. The van der Waals surface area contributed by atoms with Gasteiger partial charge in [-0.1, -0.05) is 0 Å². The second kappa shape index (κ2) is 7.01. The molecule has 1 rings (SSSR count). The second-order valence-electron chi connectivity index (χ2n) is 4.73. The van der Waals surface area contributed by atoms with E-state index < -0.39 is 6.10 Å². The molecule has 0 heterocycles. The van der Waals surface area contributed by atoms with Crippen LogP contribution in [0.1, 0.15) is 24.2 Å². The minimum atomic E-state index is -0.465. The van der Waals surface area contributed by atoms with Crippen LogP contribution in [0.25, 0.3) is 0 Å². The van der Waals surface area contributed by atoms with Gasteiger partial charge in [0, 0.05) is 17.8 Å². The third-order valence-corrected chi connectivity index (χ3v) is 2.56. The maximum Gasteiger partial charge on any atom is 0.238 e. The van der Waals surface area contributed by atoms with Gasteiger partial charge in [0.2, 0.25) is 5.91 Å². The van der Waals surface area contributed by atoms with Crippen LogP contribution in [0, 0.1) is 0 Å². The summed E-state index contributed by atoms with van der Waals surface area (Å²) in [6.07, 6.45) is -0.465. The summed E-state index contributed by atoms with van der Waals surface area (Å²) in [5.41, 5.74) is 1.27. The Balaban J connectivity index is 2.50. The molecule has 5 heteroatoms. The lowest BCUT2D eigenvalue weighted by Gasteiger charge is -2.17.